The number of carbonyl (C=O) groups is 1. The normalized spacial score (nSPS) is 14.2. The monoisotopic (exact) mass is 221 g/mol. The predicted molar refractivity (Wildman–Crippen MR) is 65.0 cm³/mol. The maximum atomic E-state index is 11.7. The zero-order chi connectivity index (χ0) is 12.1. The van der Waals surface area contributed by atoms with Gasteiger partial charge in [-0.15, -0.1) is 0 Å². The number of amides is 1. The van der Waals surface area contributed by atoms with E-state index >= 15 is 0 Å². The molecule has 1 aromatic rings. The first-order valence-corrected chi connectivity index (χ1v) is 5.54. The summed E-state index contributed by atoms with van der Waals surface area (Å²) >= 11 is 0. The molecule has 0 fully saturated rings. The van der Waals surface area contributed by atoms with Crippen molar-refractivity contribution in [3.05, 3.63) is 23.9 Å². The van der Waals surface area contributed by atoms with Crippen molar-refractivity contribution in [2.75, 3.05) is 5.32 Å². The average molecular weight is 221 g/mol. The smallest absolute Gasteiger partial charge is 0.242 e. The molecule has 1 rings (SSSR count). The number of aryl methyl sites for hydroxylation is 1. The van der Waals surface area contributed by atoms with E-state index in [-0.39, 0.29) is 11.8 Å². The first kappa shape index (κ1) is 12.6. The van der Waals surface area contributed by atoms with Gasteiger partial charge in [0, 0.05) is 5.69 Å². The number of carbonyl (C=O) groups excluding carboxylic acids is 1. The number of hydrogen-bond donors (Lipinski definition) is 2. The van der Waals surface area contributed by atoms with Crippen LogP contribution < -0.4 is 11.1 Å². The molecule has 1 amide bonds. The van der Waals surface area contributed by atoms with Gasteiger partial charge in [-0.3, -0.25) is 4.79 Å². The molecule has 0 saturated carbocycles. The second-order valence-corrected chi connectivity index (χ2v) is 4.06. The van der Waals surface area contributed by atoms with E-state index in [0.29, 0.717) is 5.82 Å². The lowest BCUT2D eigenvalue weighted by molar-refractivity contribution is -0.118. The number of nitrogens with zero attached hydrogens (tertiary/aromatic N) is 1. The fourth-order valence-electron chi connectivity index (χ4n) is 1.33. The highest BCUT2D eigenvalue weighted by atomic mass is 16.2. The number of hydrogen-bond acceptors (Lipinski definition) is 3. The summed E-state index contributed by atoms with van der Waals surface area (Å²) in [5.74, 6) is 0.556. The molecule has 1 aromatic heterocycles. The second-order valence-electron chi connectivity index (χ2n) is 4.06. The number of anilines is 1. The molecule has 4 nitrogen and oxygen atoms in total. The van der Waals surface area contributed by atoms with Crippen LogP contribution in [0.2, 0.25) is 0 Å². The Balaban J connectivity index is 2.64. The molecule has 0 aliphatic carbocycles. The van der Waals surface area contributed by atoms with Crippen molar-refractivity contribution in [2.45, 2.75) is 33.2 Å². The molecule has 0 aliphatic rings. The van der Waals surface area contributed by atoms with Crippen LogP contribution in [0.5, 0.6) is 0 Å². The number of aromatic nitrogens is 1. The number of rotatable bonds is 4. The van der Waals surface area contributed by atoms with E-state index in [1.165, 1.54) is 0 Å². The van der Waals surface area contributed by atoms with E-state index in [1.54, 1.807) is 6.07 Å². The summed E-state index contributed by atoms with van der Waals surface area (Å²) in [4.78, 5) is 15.9. The first-order chi connectivity index (χ1) is 7.54. The molecule has 0 bridgehead atoms. The Labute approximate surface area is 96.3 Å². The zero-order valence-corrected chi connectivity index (χ0v) is 10.0. The summed E-state index contributed by atoms with van der Waals surface area (Å²) in [7, 11) is 0. The molecule has 2 atom stereocenters. The molecular weight excluding hydrogens is 202 g/mol. The van der Waals surface area contributed by atoms with Gasteiger partial charge in [-0.25, -0.2) is 4.98 Å². The highest BCUT2D eigenvalue weighted by molar-refractivity contribution is 5.94. The van der Waals surface area contributed by atoms with E-state index in [0.717, 1.165) is 12.1 Å². The zero-order valence-electron chi connectivity index (χ0n) is 10.0. The summed E-state index contributed by atoms with van der Waals surface area (Å²) < 4.78 is 0. The molecule has 4 heteroatoms. The second kappa shape index (κ2) is 5.61. The van der Waals surface area contributed by atoms with E-state index in [2.05, 4.69) is 10.3 Å². The minimum absolute atomic E-state index is 0.171. The van der Waals surface area contributed by atoms with Crippen molar-refractivity contribution in [1.82, 2.24) is 4.98 Å². The van der Waals surface area contributed by atoms with Gasteiger partial charge < -0.3 is 11.1 Å². The van der Waals surface area contributed by atoms with Crippen molar-refractivity contribution in [2.24, 2.45) is 11.7 Å². The molecule has 3 N–H and O–H groups in total. The van der Waals surface area contributed by atoms with Gasteiger partial charge in [0.2, 0.25) is 5.91 Å². The fourth-order valence-corrected chi connectivity index (χ4v) is 1.33. The molecule has 0 spiro atoms. The Bertz CT molecular complexity index is 365. The Morgan fingerprint density at radius 3 is 2.81 bits per heavy atom. The van der Waals surface area contributed by atoms with Gasteiger partial charge >= 0.3 is 0 Å². The first-order valence-electron chi connectivity index (χ1n) is 5.54. The van der Waals surface area contributed by atoms with E-state index < -0.39 is 6.04 Å². The van der Waals surface area contributed by atoms with Crippen LogP contribution in [0.1, 0.15) is 26.0 Å². The molecular formula is C12H19N3O. The maximum absolute atomic E-state index is 11.7. The predicted octanol–water partition coefficient (Wildman–Crippen LogP) is 1.70. The molecule has 0 saturated heterocycles. The number of nitrogens with one attached hydrogen (secondary N) is 1. The maximum Gasteiger partial charge on any atom is 0.242 e. The van der Waals surface area contributed by atoms with Gasteiger partial charge in [0.25, 0.3) is 0 Å². The largest absolute Gasteiger partial charge is 0.320 e. The molecule has 88 valence electrons. The quantitative estimate of drug-likeness (QED) is 0.813. The lowest BCUT2D eigenvalue weighted by Gasteiger charge is -2.17. The van der Waals surface area contributed by atoms with Crippen molar-refractivity contribution >= 4 is 11.7 Å². The van der Waals surface area contributed by atoms with Crippen molar-refractivity contribution < 1.29 is 4.79 Å². The standard InChI is InChI=1S/C12H19N3O/c1-4-8(2)11(13)12(16)15-10-7-5-6-9(3)14-10/h5-8,11H,4,13H2,1-3H3,(H,14,15,16)/t8?,11-/m0/s1. The lowest BCUT2D eigenvalue weighted by atomic mass is 9.99. The molecule has 0 radical (unpaired) electrons. The summed E-state index contributed by atoms with van der Waals surface area (Å²) in [5.41, 5.74) is 6.69. The van der Waals surface area contributed by atoms with Crippen LogP contribution in [0.3, 0.4) is 0 Å². The highest BCUT2D eigenvalue weighted by Gasteiger charge is 2.19. The van der Waals surface area contributed by atoms with Crippen LogP contribution in [0.15, 0.2) is 18.2 Å². The summed E-state index contributed by atoms with van der Waals surface area (Å²) in [6.45, 7) is 5.86. The van der Waals surface area contributed by atoms with Gasteiger partial charge in [-0.1, -0.05) is 26.3 Å². The SMILES string of the molecule is CCC(C)[C@H](N)C(=O)Nc1cccc(C)n1. The van der Waals surface area contributed by atoms with Crippen LogP contribution in [0.4, 0.5) is 5.82 Å². The topological polar surface area (TPSA) is 68.0 Å². The minimum Gasteiger partial charge on any atom is -0.320 e. The van der Waals surface area contributed by atoms with Gasteiger partial charge in [0.1, 0.15) is 5.82 Å². The van der Waals surface area contributed by atoms with Crippen LogP contribution in [0.25, 0.3) is 0 Å². The highest BCUT2D eigenvalue weighted by Crippen LogP contribution is 2.09. The van der Waals surface area contributed by atoms with Crippen LogP contribution in [0, 0.1) is 12.8 Å². The van der Waals surface area contributed by atoms with Gasteiger partial charge in [0.05, 0.1) is 6.04 Å². The minimum atomic E-state index is -0.479. The summed E-state index contributed by atoms with van der Waals surface area (Å²) in [6, 6.07) is 5.01. The molecule has 0 aliphatic heterocycles. The summed E-state index contributed by atoms with van der Waals surface area (Å²) in [5, 5.41) is 2.72. The van der Waals surface area contributed by atoms with Crippen LogP contribution in [-0.2, 0) is 4.79 Å². The summed E-state index contributed by atoms with van der Waals surface area (Å²) in [6.07, 6.45) is 0.885. The van der Waals surface area contributed by atoms with Gasteiger partial charge in [-0.2, -0.15) is 0 Å². The Hall–Kier alpha value is -1.42. The Morgan fingerprint density at radius 1 is 1.56 bits per heavy atom. The molecule has 1 heterocycles. The Kier molecular flexibility index (Phi) is 4.43. The average Bonchev–Trinajstić information content (AvgIpc) is 2.27. The number of pyridine rings is 1. The third-order valence-electron chi connectivity index (χ3n) is 2.70. The third kappa shape index (κ3) is 3.31. The van der Waals surface area contributed by atoms with E-state index in [1.807, 2.05) is 32.9 Å². The van der Waals surface area contributed by atoms with E-state index in [4.69, 9.17) is 5.73 Å². The molecule has 1 unspecified atom stereocenters. The van der Waals surface area contributed by atoms with Crippen molar-refractivity contribution in [3.8, 4) is 0 Å². The number of nitrogens with two attached hydrogens (primary N) is 1. The Morgan fingerprint density at radius 2 is 2.25 bits per heavy atom. The van der Waals surface area contributed by atoms with Gasteiger partial charge in [-0.05, 0) is 25.0 Å². The van der Waals surface area contributed by atoms with E-state index in [9.17, 15) is 4.79 Å². The van der Waals surface area contributed by atoms with Crippen LogP contribution >= 0.6 is 0 Å². The van der Waals surface area contributed by atoms with Crippen molar-refractivity contribution in [1.29, 1.82) is 0 Å². The third-order valence-corrected chi connectivity index (χ3v) is 2.70. The molecule has 0 aromatic carbocycles. The lowest BCUT2D eigenvalue weighted by Crippen LogP contribution is -2.40. The van der Waals surface area contributed by atoms with Crippen molar-refractivity contribution in [3.63, 3.8) is 0 Å². The molecule has 16 heavy (non-hydrogen) atoms. The fraction of sp³-hybridized carbons (Fsp3) is 0.500. The van der Waals surface area contributed by atoms with Gasteiger partial charge in [0.15, 0.2) is 0 Å². The van der Waals surface area contributed by atoms with Crippen LogP contribution in [-0.4, -0.2) is 16.9 Å².